The minimum Gasteiger partial charge on any atom is -0.454 e. The van der Waals surface area contributed by atoms with E-state index in [1.807, 2.05) is 18.2 Å². The van der Waals surface area contributed by atoms with Crippen molar-refractivity contribution in [2.75, 3.05) is 13.8 Å². The number of para-hydroxylation sites is 1. The summed E-state index contributed by atoms with van der Waals surface area (Å²) in [6.07, 6.45) is 4.19. The third-order valence-corrected chi connectivity index (χ3v) is 4.58. The third-order valence-electron chi connectivity index (χ3n) is 4.58. The van der Waals surface area contributed by atoms with Gasteiger partial charge in [-0.2, -0.15) is 0 Å². The van der Waals surface area contributed by atoms with E-state index in [0.717, 1.165) is 35.9 Å². The van der Waals surface area contributed by atoms with E-state index < -0.39 is 0 Å². The molecule has 2 saturated heterocycles. The maximum Gasteiger partial charge on any atom is 0.231 e. The highest BCUT2D eigenvalue weighted by Crippen LogP contribution is 2.35. The molecule has 0 aromatic heterocycles. The molecule has 3 unspecified atom stereocenters. The quantitative estimate of drug-likeness (QED) is 0.436. The highest BCUT2D eigenvalue weighted by molar-refractivity contribution is 14.0. The first-order valence-electron chi connectivity index (χ1n) is 7.83. The van der Waals surface area contributed by atoms with Gasteiger partial charge in [0.2, 0.25) is 6.79 Å². The van der Waals surface area contributed by atoms with Gasteiger partial charge < -0.3 is 24.8 Å². The number of guanidine groups is 1. The molecule has 126 valence electrons. The number of nitrogens with one attached hydrogen (secondary N) is 2. The maximum absolute atomic E-state index is 5.87. The van der Waals surface area contributed by atoms with E-state index in [1.54, 1.807) is 7.05 Å². The second-order valence-electron chi connectivity index (χ2n) is 5.94. The van der Waals surface area contributed by atoms with Gasteiger partial charge in [-0.05, 0) is 25.3 Å². The first kappa shape index (κ1) is 16.6. The molecule has 2 N–H and O–H groups in total. The van der Waals surface area contributed by atoms with E-state index in [2.05, 4.69) is 15.6 Å². The molecule has 3 aliphatic heterocycles. The summed E-state index contributed by atoms with van der Waals surface area (Å²) in [5.74, 6) is 2.44. The summed E-state index contributed by atoms with van der Waals surface area (Å²) < 4.78 is 16.8. The largest absolute Gasteiger partial charge is 0.454 e. The number of fused-ring (bicyclic) bond motifs is 3. The highest BCUT2D eigenvalue weighted by Gasteiger charge is 2.41. The SMILES string of the molecule is CN=C(NCc1cccc2c1OCO2)NC1CC2CCC1O2.I. The molecule has 0 amide bonds. The van der Waals surface area contributed by atoms with Crippen LogP contribution in [0, 0.1) is 0 Å². The van der Waals surface area contributed by atoms with Gasteiger partial charge >= 0.3 is 0 Å². The van der Waals surface area contributed by atoms with Gasteiger partial charge in [-0.1, -0.05) is 12.1 Å². The molecule has 23 heavy (non-hydrogen) atoms. The van der Waals surface area contributed by atoms with Crippen molar-refractivity contribution < 1.29 is 14.2 Å². The van der Waals surface area contributed by atoms with Crippen LogP contribution >= 0.6 is 24.0 Å². The second-order valence-corrected chi connectivity index (χ2v) is 5.94. The van der Waals surface area contributed by atoms with Crippen LogP contribution in [0.15, 0.2) is 23.2 Å². The smallest absolute Gasteiger partial charge is 0.231 e. The molecule has 0 saturated carbocycles. The van der Waals surface area contributed by atoms with Crippen LogP contribution in [0.4, 0.5) is 0 Å². The van der Waals surface area contributed by atoms with E-state index in [9.17, 15) is 0 Å². The summed E-state index contributed by atoms with van der Waals surface area (Å²) in [5, 5.41) is 6.83. The van der Waals surface area contributed by atoms with Crippen LogP contribution in [0.25, 0.3) is 0 Å². The Labute approximate surface area is 153 Å². The van der Waals surface area contributed by atoms with Crippen LogP contribution in [0.2, 0.25) is 0 Å². The summed E-state index contributed by atoms with van der Waals surface area (Å²) >= 11 is 0. The molecule has 2 bridgehead atoms. The number of ether oxygens (including phenoxy) is 3. The van der Waals surface area contributed by atoms with Crippen molar-refractivity contribution in [2.45, 2.75) is 44.1 Å². The lowest BCUT2D eigenvalue weighted by atomic mass is 9.96. The normalized spacial score (nSPS) is 27.7. The number of benzene rings is 1. The Bertz CT molecular complexity index is 596. The summed E-state index contributed by atoms with van der Waals surface area (Å²) in [6.45, 7) is 0.940. The van der Waals surface area contributed by atoms with E-state index in [4.69, 9.17) is 14.2 Å². The Hall–Kier alpha value is -1.22. The van der Waals surface area contributed by atoms with Gasteiger partial charge in [0.25, 0.3) is 0 Å². The molecule has 0 spiro atoms. The van der Waals surface area contributed by atoms with Gasteiger partial charge in [0, 0.05) is 19.2 Å². The van der Waals surface area contributed by atoms with Crippen LogP contribution in [-0.4, -0.2) is 38.0 Å². The molecule has 1 aromatic carbocycles. The van der Waals surface area contributed by atoms with E-state index in [-0.39, 0.29) is 24.0 Å². The minimum atomic E-state index is 0. The van der Waals surface area contributed by atoms with Crippen LogP contribution in [-0.2, 0) is 11.3 Å². The predicted octanol–water partition coefficient (Wildman–Crippen LogP) is 2.02. The molecule has 6 nitrogen and oxygen atoms in total. The van der Waals surface area contributed by atoms with Crippen molar-refractivity contribution >= 4 is 29.9 Å². The average Bonchev–Trinajstić information content (AvgIpc) is 3.26. The van der Waals surface area contributed by atoms with Gasteiger partial charge in [0.15, 0.2) is 17.5 Å². The molecule has 4 rings (SSSR count). The monoisotopic (exact) mass is 431 g/mol. The first-order valence-corrected chi connectivity index (χ1v) is 7.83. The Balaban J connectivity index is 0.00000156. The van der Waals surface area contributed by atoms with E-state index >= 15 is 0 Å². The third kappa shape index (κ3) is 3.35. The van der Waals surface area contributed by atoms with E-state index in [0.29, 0.717) is 31.6 Å². The Kier molecular flexibility index (Phi) is 5.15. The molecule has 1 aromatic rings. The molecule has 7 heteroatoms. The predicted molar refractivity (Wildman–Crippen MR) is 97.6 cm³/mol. The zero-order valence-corrected chi connectivity index (χ0v) is 15.4. The maximum atomic E-state index is 5.87. The molecular formula is C16H22IN3O3. The average molecular weight is 431 g/mol. The molecule has 0 radical (unpaired) electrons. The first-order chi connectivity index (χ1) is 10.8. The minimum absolute atomic E-state index is 0. The van der Waals surface area contributed by atoms with Crippen LogP contribution in [0.3, 0.4) is 0 Å². The van der Waals surface area contributed by atoms with Crippen molar-refractivity contribution in [1.29, 1.82) is 0 Å². The molecule has 0 aliphatic carbocycles. The summed E-state index contributed by atoms with van der Waals surface area (Å²) in [6, 6.07) is 6.30. The Morgan fingerprint density at radius 2 is 2.22 bits per heavy atom. The number of nitrogens with zero attached hydrogens (tertiary/aromatic N) is 1. The van der Waals surface area contributed by atoms with Gasteiger partial charge in [0.1, 0.15) is 0 Å². The molecular weight excluding hydrogens is 409 g/mol. The lowest BCUT2D eigenvalue weighted by Gasteiger charge is -2.22. The Morgan fingerprint density at radius 1 is 1.30 bits per heavy atom. The lowest BCUT2D eigenvalue weighted by Crippen LogP contribution is -2.47. The van der Waals surface area contributed by atoms with Crippen molar-refractivity contribution in [1.82, 2.24) is 10.6 Å². The number of aliphatic imine (C=N–C) groups is 1. The highest BCUT2D eigenvalue weighted by atomic mass is 127. The van der Waals surface area contributed by atoms with Gasteiger partial charge in [0.05, 0.1) is 18.2 Å². The molecule has 3 heterocycles. The summed E-state index contributed by atoms with van der Waals surface area (Å²) in [5.41, 5.74) is 1.07. The fourth-order valence-corrected chi connectivity index (χ4v) is 3.47. The fourth-order valence-electron chi connectivity index (χ4n) is 3.47. The standard InChI is InChI=1S/C16H21N3O3.HI/c1-17-16(19-12-7-11-5-6-13(12)22-11)18-8-10-3-2-4-14-15(10)21-9-20-14;/h2-4,11-13H,5-9H2,1H3,(H2,17,18,19);1H. The zero-order chi connectivity index (χ0) is 14.9. The van der Waals surface area contributed by atoms with Crippen LogP contribution in [0.5, 0.6) is 11.5 Å². The zero-order valence-electron chi connectivity index (χ0n) is 13.1. The Morgan fingerprint density at radius 3 is 2.96 bits per heavy atom. The van der Waals surface area contributed by atoms with Crippen molar-refractivity contribution in [3.8, 4) is 11.5 Å². The number of hydrogen-bond donors (Lipinski definition) is 2. The van der Waals surface area contributed by atoms with Crippen molar-refractivity contribution in [2.24, 2.45) is 4.99 Å². The van der Waals surface area contributed by atoms with Crippen LogP contribution < -0.4 is 20.1 Å². The molecule has 3 aliphatic rings. The van der Waals surface area contributed by atoms with Crippen molar-refractivity contribution in [3.05, 3.63) is 23.8 Å². The van der Waals surface area contributed by atoms with Crippen LogP contribution in [0.1, 0.15) is 24.8 Å². The summed E-state index contributed by atoms with van der Waals surface area (Å²) in [4.78, 5) is 4.31. The van der Waals surface area contributed by atoms with Crippen molar-refractivity contribution in [3.63, 3.8) is 0 Å². The van der Waals surface area contributed by atoms with Gasteiger partial charge in [-0.3, -0.25) is 4.99 Å². The fraction of sp³-hybridized carbons (Fsp3) is 0.562. The lowest BCUT2D eigenvalue weighted by molar-refractivity contribution is 0.0992. The summed E-state index contributed by atoms with van der Waals surface area (Å²) in [7, 11) is 1.79. The number of halogens is 1. The van der Waals surface area contributed by atoms with E-state index in [1.165, 1.54) is 6.42 Å². The van der Waals surface area contributed by atoms with Gasteiger partial charge in [-0.15, -0.1) is 24.0 Å². The number of rotatable bonds is 3. The van der Waals surface area contributed by atoms with Gasteiger partial charge in [-0.25, -0.2) is 0 Å². The second kappa shape index (κ2) is 7.12. The topological polar surface area (TPSA) is 64.1 Å². The molecule has 3 atom stereocenters. The number of hydrogen-bond acceptors (Lipinski definition) is 4. The molecule has 2 fully saturated rings.